The van der Waals surface area contributed by atoms with E-state index in [1.807, 2.05) is 49.4 Å². The van der Waals surface area contributed by atoms with Gasteiger partial charge in [0.05, 0.1) is 6.61 Å². The van der Waals surface area contributed by atoms with Crippen LogP contribution in [0.5, 0.6) is 0 Å². The molecule has 0 aliphatic carbocycles. The molecule has 0 saturated carbocycles. The first-order valence-corrected chi connectivity index (χ1v) is 10.0. The van der Waals surface area contributed by atoms with Crippen molar-refractivity contribution < 1.29 is 14.3 Å². The smallest absolute Gasteiger partial charge is 0.410 e. The summed E-state index contributed by atoms with van der Waals surface area (Å²) in [4.78, 5) is 26.5. The summed E-state index contributed by atoms with van der Waals surface area (Å²) in [5, 5.41) is 2.94. The highest BCUT2D eigenvalue weighted by Gasteiger charge is 2.35. The molecule has 0 unspecified atom stereocenters. The molecule has 1 aliphatic heterocycles. The summed E-state index contributed by atoms with van der Waals surface area (Å²) in [5.41, 5.74) is 3.18. The van der Waals surface area contributed by atoms with Crippen molar-refractivity contribution in [3.8, 4) is 0 Å². The fourth-order valence-electron chi connectivity index (χ4n) is 3.41. The van der Waals surface area contributed by atoms with E-state index in [4.69, 9.17) is 4.74 Å². The van der Waals surface area contributed by atoms with E-state index in [1.165, 1.54) is 11.1 Å². The average molecular weight is 380 g/mol. The van der Waals surface area contributed by atoms with E-state index in [1.54, 1.807) is 4.90 Å². The van der Waals surface area contributed by atoms with Crippen molar-refractivity contribution in [2.24, 2.45) is 0 Å². The van der Waals surface area contributed by atoms with Gasteiger partial charge in [-0.15, -0.1) is 0 Å². The SMILES string of the molecule is CCCCOC(=O)N1CCC[C@H]1C(=O)Nc1ccc(Cc2ccccc2)cc1. The minimum absolute atomic E-state index is 0.152. The second-order valence-electron chi connectivity index (χ2n) is 7.17. The number of carbonyl (C=O) groups is 2. The van der Waals surface area contributed by atoms with Crippen LogP contribution < -0.4 is 5.32 Å². The van der Waals surface area contributed by atoms with Gasteiger partial charge in [0.2, 0.25) is 5.91 Å². The van der Waals surface area contributed by atoms with Crippen LogP contribution in [0.1, 0.15) is 43.7 Å². The van der Waals surface area contributed by atoms with Crippen molar-refractivity contribution in [3.63, 3.8) is 0 Å². The highest BCUT2D eigenvalue weighted by molar-refractivity contribution is 5.96. The Balaban J connectivity index is 1.55. The molecule has 1 saturated heterocycles. The third-order valence-electron chi connectivity index (χ3n) is 4.99. The van der Waals surface area contributed by atoms with E-state index in [-0.39, 0.29) is 12.0 Å². The van der Waals surface area contributed by atoms with Gasteiger partial charge in [0, 0.05) is 12.2 Å². The van der Waals surface area contributed by atoms with E-state index in [0.717, 1.165) is 31.4 Å². The molecule has 5 nitrogen and oxygen atoms in total. The lowest BCUT2D eigenvalue weighted by Gasteiger charge is -2.23. The third-order valence-corrected chi connectivity index (χ3v) is 4.99. The minimum atomic E-state index is -0.460. The largest absolute Gasteiger partial charge is 0.449 e. The normalized spacial score (nSPS) is 16.0. The van der Waals surface area contributed by atoms with Crippen LogP contribution in [-0.4, -0.2) is 36.1 Å². The molecule has 148 valence electrons. The maximum Gasteiger partial charge on any atom is 0.410 e. The highest BCUT2D eigenvalue weighted by Crippen LogP contribution is 2.21. The number of amides is 2. The summed E-state index contributed by atoms with van der Waals surface area (Å²) in [6.07, 6.45) is 3.76. The fraction of sp³-hybridized carbons (Fsp3) is 0.391. The number of unbranched alkanes of at least 4 members (excludes halogenated alkanes) is 1. The number of likely N-dealkylation sites (tertiary alicyclic amines) is 1. The molecule has 2 amide bonds. The average Bonchev–Trinajstić information content (AvgIpc) is 3.21. The van der Waals surface area contributed by atoms with Crippen molar-refractivity contribution >= 4 is 17.7 Å². The van der Waals surface area contributed by atoms with E-state index in [2.05, 4.69) is 17.4 Å². The lowest BCUT2D eigenvalue weighted by atomic mass is 10.0. The Labute approximate surface area is 166 Å². The third kappa shape index (κ3) is 5.35. The lowest BCUT2D eigenvalue weighted by Crippen LogP contribution is -2.43. The van der Waals surface area contributed by atoms with E-state index < -0.39 is 6.04 Å². The number of carbonyl (C=O) groups excluding carboxylic acids is 2. The van der Waals surface area contributed by atoms with Gasteiger partial charge in [0.1, 0.15) is 6.04 Å². The summed E-state index contributed by atoms with van der Waals surface area (Å²) < 4.78 is 5.28. The standard InChI is InChI=1S/C23H28N2O3/c1-2-3-16-28-23(27)25-15-7-10-21(25)22(26)24-20-13-11-19(12-14-20)17-18-8-5-4-6-9-18/h4-6,8-9,11-14,21H,2-3,7,10,15-17H2,1H3,(H,24,26)/t21-/m0/s1. The van der Waals surface area contributed by atoms with Crippen LogP contribution in [0.3, 0.4) is 0 Å². The zero-order valence-electron chi connectivity index (χ0n) is 16.4. The number of hydrogen-bond acceptors (Lipinski definition) is 3. The summed E-state index contributed by atoms with van der Waals surface area (Å²) in [7, 11) is 0. The van der Waals surface area contributed by atoms with Gasteiger partial charge in [-0.05, 0) is 48.9 Å². The van der Waals surface area contributed by atoms with Gasteiger partial charge in [-0.3, -0.25) is 9.69 Å². The van der Waals surface area contributed by atoms with E-state index in [0.29, 0.717) is 19.6 Å². The molecule has 0 bridgehead atoms. The lowest BCUT2D eigenvalue weighted by molar-refractivity contribution is -0.120. The second-order valence-corrected chi connectivity index (χ2v) is 7.17. The molecular formula is C23H28N2O3. The minimum Gasteiger partial charge on any atom is -0.449 e. The number of anilines is 1. The molecule has 3 rings (SSSR count). The molecule has 28 heavy (non-hydrogen) atoms. The Morgan fingerprint density at radius 2 is 1.79 bits per heavy atom. The Kier molecular flexibility index (Phi) is 7.06. The molecule has 0 aromatic heterocycles. The van der Waals surface area contributed by atoms with Crippen LogP contribution in [0.15, 0.2) is 54.6 Å². The van der Waals surface area contributed by atoms with Crippen molar-refractivity contribution in [2.45, 2.75) is 45.1 Å². The summed E-state index contributed by atoms with van der Waals surface area (Å²) in [6, 6.07) is 17.7. The highest BCUT2D eigenvalue weighted by atomic mass is 16.6. The first-order chi connectivity index (χ1) is 13.7. The van der Waals surface area contributed by atoms with Gasteiger partial charge < -0.3 is 10.1 Å². The number of nitrogens with zero attached hydrogens (tertiary/aromatic N) is 1. The molecule has 1 heterocycles. The molecule has 1 atom stereocenters. The number of hydrogen-bond donors (Lipinski definition) is 1. The Bertz CT molecular complexity index is 774. The predicted octanol–water partition coefficient (Wildman–Crippen LogP) is 4.62. The van der Waals surface area contributed by atoms with Gasteiger partial charge in [0.25, 0.3) is 0 Å². The van der Waals surface area contributed by atoms with Crippen LogP contribution in [0.4, 0.5) is 10.5 Å². The maximum absolute atomic E-state index is 12.7. The summed E-state index contributed by atoms with van der Waals surface area (Å²) in [6.45, 7) is 3.02. The second kappa shape index (κ2) is 9.93. The van der Waals surface area contributed by atoms with Gasteiger partial charge in [-0.1, -0.05) is 55.8 Å². The molecule has 0 spiro atoms. The Morgan fingerprint density at radius 1 is 1.07 bits per heavy atom. The predicted molar refractivity (Wildman–Crippen MR) is 110 cm³/mol. The van der Waals surface area contributed by atoms with Gasteiger partial charge in [0.15, 0.2) is 0 Å². The van der Waals surface area contributed by atoms with Crippen LogP contribution in [0.25, 0.3) is 0 Å². The topological polar surface area (TPSA) is 58.6 Å². The van der Waals surface area contributed by atoms with Crippen LogP contribution >= 0.6 is 0 Å². The van der Waals surface area contributed by atoms with Crippen LogP contribution in [0.2, 0.25) is 0 Å². The zero-order valence-corrected chi connectivity index (χ0v) is 16.4. The quantitative estimate of drug-likeness (QED) is 0.713. The van der Waals surface area contributed by atoms with Gasteiger partial charge in [-0.25, -0.2) is 4.79 Å². The maximum atomic E-state index is 12.7. The first kappa shape index (κ1) is 19.9. The van der Waals surface area contributed by atoms with E-state index in [9.17, 15) is 9.59 Å². The molecular weight excluding hydrogens is 352 g/mol. The van der Waals surface area contributed by atoms with Gasteiger partial charge >= 0.3 is 6.09 Å². The molecule has 1 fully saturated rings. The fourth-order valence-corrected chi connectivity index (χ4v) is 3.41. The van der Waals surface area contributed by atoms with Crippen LogP contribution in [0, 0.1) is 0 Å². The zero-order chi connectivity index (χ0) is 19.8. The molecule has 5 heteroatoms. The van der Waals surface area contributed by atoms with Crippen LogP contribution in [-0.2, 0) is 16.0 Å². The number of rotatable bonds is 7. The van der Waals surface area contributed by atoms with Crippen molar-refractivity contribution in [3.05, 3.63) is 65.7 Å². The number of nitrogens with one attached hydrogen (secondary N) is 1. The summed E-state index contributed by atoms with van der Waals surface area (Å²) in [5.74, 6) is -0.152. The first-order valence-electron chi connectivity index (χ1n) is 10.0. The van der Waals surface area contributed by atoms with Crippen molar-refractivity contribution in [1.29, 1.82) is 0 Å². The Morgan fingerprint density at radius 3 is 2.50 bits per heavy atom. The van der Waals surface area contributed by atoms with Crippen molar-refractivity contribution in [1.82, 2.24) is 4.90 Å². The monoisotopic (exact) mass is 380 g/mol. The molecule has 1 aliphatic rings. The molecule has 2 aromatic rings. The Hall–Kier alpha value is -2.82. The number of benzene rings is 2. The molecule has 2 aromatic carbocycles. The van der Waals surface area contributed by atoms with Crippen molar-refractivity contribution in [2.75, 3.05) is 18.5 Å². The van der Waals surface area contributed by atoms with Gasteiger partial charge in [-0.2, -0.15) is 0 Å². The molecule has 0 radical (unpaired) electrons. The molecule has 1 N–H and O–H groups in total. The van der Waals surface area contributed by atoms with E-state index >= 15 is 0 Å². The summed E-state index contributed by atoms with van der Waals surface area (Å²) >= 11 is 0. The number of ether oxygens (including phenoxy) is 1.